The number of allylic oxidation sites excluding steroid dienone is 3. The molecule has 206 valence electrons. The largest absolute Gasteiger partial charge is 0.462 e. The van der Waals surface area contributed by atoms with Gasteiger partial charge >= 0.3 is 5.97 Å². The summed E-state index contributed by atoms with van der Waals surface area (Å²) in [6, 6.07) is 0. The SMILES string of the molecule is CC(=O)OC1CC2C(=CCC3C(C)(CO)C(=O)CCC23C)C2(C)CCC(C3COC(C=C(C)C)C3)C12C. The number of aliphatic hydroxyl groups is 1. The molecule has 10 atom stereocenters. The monoisotopic (exact) mass is 512 g/mol. The molecule has 1 aliphatic heterocycles. The van der Waals surface area contributed by atoms with E-state index in [0.717, 1.165) is 45.1 Å². The van der Waals surface area contributed by atoms with Crippen molar-refractivity contribution in [3.8, 4) is 0 Å². The minimum absolute atomic E-state index is 0.0691. The van der Waals surface area contributed by atoms with Gasteiger partial charge in [0.25, 0.3) is 0 Å². The summed E-state index contributed by atoms with van der Waals surface area (Å²) in [5.41, 5.74) is 1.80. The molecular formula is C32H48O5. The van der Waals surface area contributed by atoms with Crippen molar-refractivity contribution in [2.24, 2.45) is 45.3 Å². The lowest BCUT2D eigenvalue weighted by molar-refractivity contribution is -0.181. The van der Waals surface area contributed by atoms with Crippen LogP contribution in [0.1, 0.15) is 93.4 Å². The Hall–Kier alpha value is -1.46. The number of fused-ring (bicyclic) bond motifs is 5. The van der Waals surface area contributed by atoms with Crippen LogP contribution in [-0.2, 0) is 19.1 Å². The standard InChI is InChI=1S/C32H48O5/c1-19(2)14-22-15-21(17-36-22)23-10-13-31(6)24-8-9-26-29(4,12-11-27(35)30(26,5)18-33)25(24)16-28(32(23,31)7)37-20(3)34/h8,14,21-23,25-26,28,33H,9-13,15-18H2,1-7H3. The van der Waals surface area contributed by atoms with E-state index in [1.807, 2.05) is 6.92 Å². The molecule has 4 fully saturated rings. The molecule has 5 nitrogen and oxygen atoms in total. The van der Waals surface area contributed by atoms with Crippen LogP contribution in [0.4, 0.5) is 0 Å². The van der Waals surface area contributed by atoms with Gasteiger partial charge in [0.05, 0.1) is 24.7 Å². The molecule has 10 unspecified atom stereocenters. The van der Waals surface area contributed by atoms with Gasteiger partial charge in [-0.25, -0.2) is 0 Å². The zero-order chi connectivity index (χ0) is 27.0. The molecule has 5 heteroatoms. The molecule has 0 spiro atoms. The van der Waals surface area contributed by atoms with E-state index in [1.165, 1.54) is 11.1 Å². The van der Waals surface area contributed by atoms with Crippen LogP contribution in [0.25, 0.3) is 0 Å². The van der Waals surface area contributed by atoms with Crippen molar-refractivity contribution in [2.75, 3.05) is 13.2 Å². The lowest BCUT2D eigenvalue weighted by Crippen LogP contribution is -2.62. The molecule has 37 heavy (non-hydrogen) atoms. The smallest absolute Gasteiger partial charge is 0.302 e. The number of aliphatic hydroxyl groups excluding tert-OH is 1. The Bertz CT molecular complexity index is 1020. The second-order valence-electron chi connectivity index (χ2n) is 14.2. The summed E-state index contributed by atoms with van der Waals surface area (Å²) in [6.07, 6.45) is 11.0. The molecule has 0 radical (unpaired) electrons. The van der Waals surface area contributed by atoms with Crippen LogP contribution >= 0.6 is 0 Å². The van der Waals surface area contributed by atoms with Crippen LogP contribution in [0.3, 0.4) is 0 Å². The lowest BCUT2D eigenvalue weighted by Gasteiger charge is -2.64. The van der Waals surface area contributed by atoms with Gasteiger partial charge < -0.3 is 14.6 Å². The molecule has 0 aromatic carbocycles. The predicted molar refractivity (Wildman–Crippen MR) is 144 cm³/mol. The molecule has 0 aromatic rings. The fourth-order valence-electron chi connectivity index (χ4n) is 10.1. The zero-order valence-electron chi connectivity index (χ0n) is 24.1. The van der Waals surface area contributed by atoms with Crippen molar-refractivity contribution in [1.82, 2.24) is 0 Å². The summed E-state index contributed by atoms with van der Waals surface area (Å²) in [5.74, 6) is 1.25. The number of hydrogen-bond donors (Lipinski definition) is 1. The third-order valence-corrected chi connectivity index (χ3v) is 12.3. The first-order valence-corrected chi connectivity index (χ1v) is 14.6. The molecule has 5 aliphatic rings. The Balaban J connectivity index is 1.56. The van der Waals surface area contributed by atoms with E-state index in [9.17, 15) is 14.7 Å². The first-order valence-electron chi connectivity index (χ1n) is 14.6. The van der Waals surface area contributed by atoms with Crippen LogP contribution < -0.4 is 0 Å². The molecule has 0 aromatic heterocycles. The fourth-order valence-corrected chi connectivity index (χ4v) is 10.1. The van der Waals surface area contributed by atoms with Crippen molar-refractivity contribution < 1.29 is 24.2 Å². The fraction of sp³-hybridized carbons (Fsp3) is 0.812. The second kappa shape index (κ2) is 9.05. The van der Waals surface area contributed by atoms with Crippen LogP contribution in [0.2, 0.25) is 0 Å². The molecule has 1 N–H and O–H groups in total. The highest BCUT2D eigenvalue weighted by molar-refractivity contribution is 5.86. The first-order chi connectivity index (χ1) is 17.3. The van der Waals surface area contributed by atoms with E-state index in [1.54, 1.807) is 6.92 Å². The summed E-state index contributed by atoms with van der Waals surface area (Å²) in [5, 5.41) is 10.4. The summed E-state index contributed by atoms with van der Waals surface area (Å²) in [7, 11) is 0. The van der Waals surface area contributed by atoms with E-state index in [0.29, 0.717) is 18.3 Å². The van der Waals surface area contributed by atoms with Crippen LogP contribution in [-0.4, -0.2) is 42.3 Å². The summed E-state index contributed by atoms with van der Waals surface area (Å²) in [4.78, 5) is 25.5. The van der Waals surface area contributed by atoms with Gasteiger partial charge in [-0.2, -0.15) is 0 Å². The number of hydrogen-bond acceptors (Lipinski definition) is 5. The van der Waals surface area contributed by atoms with Gasteiger partial charge in [0.15, 0.2) is 0 Å². The third kappa shape index (κ3) is 3.77. The molecule has 5 rings (SSSR count). The van der Waals surface area contributed by atoms with Crippen LogP contribution in [0.5, 0.6) is 0 Å². The van der Waals surface area contributed by atoms with Crippen molar-refractivity contribution in [3.63, 3.8) is 0 Å². The number of rotatable bonds is 4. The summed E-state index contributed by atoms with van der Waals surface area (Å²) < 4.78 is 12.5. The Morgan fingerprint density at radius 1 is 1.16 bits per heavy atom. The van der Waals surface area contributed by atoms with E-state index in [-0.39, 0.29) is 58.6 Å². The maximum absolute atomic E-state index is 13.0. The topological polar surface area (TPSA) is 72.8 Å². The Kier molecular flexibility index (Phi) is 6.63. The number of carbonyl (C=O) groups is 2. The van der Waals surface area contributed by atoms with Gasteiger partial charge in [-0.3, -0.25) is 9.59 Å². The van der Waals surface area contributed by atoms with Crippen LogP contribution in [0.15, 0.2) is 23.3 Å². The van der Waals surface area contributed by atoms with Crippen LogP contribution in [0, 0.1) is 45.3 Å². The maximum atomic E-state index is 13.0. The average molecular weight is 513 g/mol. The van der Waals surface area contributed by atoms with Crippen molar-refractivity contribution in [2.45, 2.75) is 106 Å². The number of Topliss-reactive ketones (excluding diaryl/α,β-unsaturated/α-hetero) is 1. The van der Waals surface area contributed by atoms with E-state index < -0.39 is 5.41 Å². The van der Waals surface area contributed by atoms with Gasteiger partial charge in [0.2, 0.25) is 0 Å². The number of carbonyl (C=O) groups excluding carboxylic acids is 2. The van der Waals surface area contributed by atoms with E-state index in [2.05, 4.69) is 46.8 Å². The molecular weight excluding hydrogens is 464 g/mol. The number of ether oxygens (including phenoxy) is 2. The number of ketones is 1. The van der Waals surface area contributed by atoms with Crippen molar-refractivity contribution >= 4 is 11.8 Å². The Labute approximate surface area is 223 Å². The van der Waals surface area contributed by atoms with Gasteiger partial charge in [0, 0.05) is 18.8 Å². The minimum atomic E-state index is -0.701. The van der Waals surface area contributed by atoms with Gasteiger partial charge in [-0.15, -0.1) is 0 Å². The molecule has 4 aliphatic carbocycles. The average Bonchev–Trinajstić information content (AvgIpc) is 3.39. The Morgan fingerprint density at radius 2 is 1.89 bits per heavy atom. The second-order valence-corrected chi connectivity index (χ2v) is 14.2. The minimum Gasteiger partial charge on any atom is -0.462 e. The number of esters is 1. The normalized spacial score (nSPS) is 49.0. The summed E-state index contributed by atoms with van der Waals surface area (Å²) in [6.45, 7) is 15.7. The molecule has 0 amide bonds. The van der Waals surface area contributed by atoms with Gasteiger partial charge in [-0.1, -0.05) is 51.0 Å². The lowest BCUT2D eigenvalue weighted by atomic mass is 9.40. The Morgan fingerprint density at radius 3 is 2.54 bits per heavy atom. The van der Waals surface area contributed by atoms with Gasteiger partial charge in [-0.05, 0) is 86.9 Å². The quantitative estimate of drug-likeness (QED) is 0.367. The highest BCUT2D eigenvalue weighted by Crippen LogP contribution is 2.73. The zero-order valence-corrected chi connectivity index (χ0v) is 24.1. The predicted octanol–water partition coefficient (Wildman–Crippen LogP) is 6.05. The van der Waals surface area contributed by atoms with Crippen molar-refractivity contribution in [1.29, 1.82) is 0 Å². The van der Waals surface area contributed by atoms with Crippen molar-refractivity contribution in [3.05, 3.63) is 23.3 Å². The molecule has 1 saturated heterocycles. The third-order valence-electron chi connectivity index (χ3n) is 12.3. The summed E-state index contributed by atoms with van der Waals surface area (Å²) >= 11 is 0. The highest BCUT2D eigenvalue weighted by atomic mass is 16.5. The highest BCUT2D eigenvalue weighted by Gasteiger charge is 2.70. The van der Waals surface area contributed by atoms with E-state index >= 15 is 0 Å². The van der Waals surface area contributed by atoms with E-state index in [4.69, 9.17) is 9.47 Å². The molecule has 1 heterocycles. The maximum Gasteiger partial charge on any atom is 0.302 e. The first kappa shape index (κ1) is 27.1. The molecule has 0 bridgehead atoms. The van der Waals surface area contributed by atoms with Gasteiger partial charge in [0.1, 0.15) is 11.9 Å². The molecule has 3 saturated carbocycles.